The Morgan fingerprint density at radius 2 is 2.17 bits per heavy atom. The van der Waals surface area contributed by atoms with Crippen molar-refractivity contribution in [3.8, 4) is 16.9 Å². The van der Waals surface area contributed by atoms with Crippen molar-refractivity contribution >= 4 is 17.0 Å². The maximum absolute atomic E-state index is 12.4. The van der Waals surface area contributed by atoms with Crippen LogP contribution >= 0.6 is 0 Å². The van der Waals surface area contributed by atoms with E-state index in [4.69, 9.17) is 14.2 Å². The second kappa shape index (κ2) is 8.36. The minimum atomic E-state index is -0.522. The highest BCUT2D eigenvalue weighted by molar-refractivity contribution is 5.89. The summed E-state index contributed by atoms with van der Waals surface area (Å²) in [6.07, 6.45) is 5.06. The van der Waals surface area contributed by atoms with Crippen LogP contribution in [0.3, 0.4) is 0 Å². The molecule has 3 heterocycles. The number of hydrogen-bond donors (Lipinski definition) is 1. The first kappa shape index (κ1) is 20.2. The van der Waals surface area contributed by atoms with Crippen molar-refractivity contribution in [1.82, 2.24) is 14.9 Å². The van der Waals surface area contributed by atoms with Crippen molar-refractivity contribution in [2.75, 3.05) is 26.3 Å². The van der Waals surface area contributed by atoms with Gasteiger partial charge >= 0.3 is 6.09 Å². The maximum atomic E-state index is 12.4. The van der Waals surface area contributed by atoms with Crippen LogP contribution in [0.25, 0.3) is 22.0 Å². The Bertz CT molecular complexity index is 1010. The molecule has 0 saturated carbocycles. The van der Waals surface area contributed by atoms with Crippen LogP contribution in [0.5, 0.6) is 5.75 Å². The highest BCUT2D eigenvalue weighted by atomic mass is 16.6. The van der Waals surface area contributed by atoms with E-state index in [1.807, 2.05) is 63.5 Å². The van der Waals surface area contributed by atoms with Gasteiger partial charge in [0, 0.05) is 30.5 Å². The zero-order valence-electron chi connectivity index (χ0n) is 17.6. The van der Waals surface area contributed by atoms with Crippen molar-refractivity contribution in [3.05, 3.63) is 48.9 Å². The predicted molar refractivity (Wildman–Crippen MR) is 115 cm³/mol. The average molecular weight is 409 g/mol. The van der Waals surface area contributed by atoms with Gasteiger partial charge in [-0.1, -0.05) is 0 Å². The Kier molecular flexibility index (Phi) is 5.63. The molecule has 0 bridgehead atoms. The molecular weight excluding hydrogens is 382 g/mol. The smallest absolute Gasteiger partial charge is 0.410 e. The molecule has 2 aromatic heterocycles. The third-order valence-corrected chi connectivity index (χ3v) is 4.83. The standard InChI is InChI=1S/C23H27N3O4/c1-23(2,3)30-22(27)26-9-10-28-18(14-26)15-29-21-12-17(16-6-8-24-13-16)11-20-19(21)5-4-7-25-20/h4-8,11-13,18,24H,9-10,14-15H2,1-3H3/t18-/m0/s1. The van der Waals surface area contributed by atoms with E-state index < -0.39 is 5.60 Å². The van der Waals surface area contributed by atoms with E-state index in [1.165, 1.54) is 0 Å². The Hall–Kier alpha value is -3.06. The lowest BCUT2D eigenvalue weighted by Crippen LogP contribution is -2.49. The minimum absolute atomic E-state index is 0.228. The number of carbonyl (C=O) groups is 1. The van der Waals surface area contributed by atoms with E-state index in [1.54, 1.807) is 11.1 Å². The third kappa shape index (κ3) is 4.74. The zero-order valence-corrected chi connectivity index (χ0v) is 17.6. The van der Waals surface area contributed by atoms with Gasteiger partial charge in [0.25, 0.3) is 0 Å². The van der Waals surface area contributed by atoms with Crippen molar-refractivity contribution in [1.29, 1.82) is 0 Å². The van der Waals surface area contributed by atoms with Crippen LogP contribution < -0.4 is 4.74 Å². The number of carbonyl (C=O) groups excluding carboxylic acids is 1. The summed E-state index contributed by atoms with van der Waals surface area (Å²) in [6, 6.07) is 9.96. The molecule has 0 unspecified atom stereocenters. The highest BCUT2D eigenvalue weighted by Gasteiger charge is 2.28. The Balaban J connectivity index is 1.48. The average Bonchev–Trinajstić information content (AvgIpc) is 3.26. The van der Waals surface area contributed by atoms with Crippen molar-refractivity contribution in [2.45, 2.75) is 32.5 Å². The van der Waals surface area contributed by atoms with E-state index >= 15 is 0 Å². The van der Waals surface area contributed by atoms with Gasteiger partial charge in [-0.3, -0.25) is 4.98 Å². The molecule has 0 spiro atoms. The third-order valence-electron chi connectivity index (χ3n) is 4.83. The number of pyridine rings is 1. The fourth-order valence-electron chi connectivity index (χ4n) is 3.43. The van der Waals surface area contributed by atoms with Crippen LogP contribution in [0.1, 0.15) is 20.8 Å². The molecule has 1 amide bonds. The van der Waals surface area contributed by atoms with Gasteiger partial charge in [-0.2, -0.15) is 0 Å². The molecule has 1 aliphatic heterocycles. The lowest BCUT2D eigenvalue weighted by atomic mass is 10.1. The Morgan fingerprint density at radius 1 is 1.30 bits per heavy atom. The fourth-order valence-corrected chi connectivity index (χ4v) is 3.43. The van der Waals surface area contributed by atoms with E-state index in [9.17, 15) is 4.79 Å². The molecule has 30 heavy (non-hydrogen) atoms. The van der Waals surface area contributed by atoms with Gasteiger partial charge in [0.2, 0.25) is 0 Å². The molecule has 7 nitrogen and oxygen atoms in total. The lowest BCUT2D eigenvalue weighted by molar-refractivity contribution is -0.0555. The summed E-state index contributed by atoms with van der Waals surface area (Å²) in [4.78, 5) is 21.6. The fraction of sp³-hybridized carbons (Fsp3) is 0.391. The Morgan fingerprint density at radius 3 is 2.93 bits per heavy atom. The van der Waals surface area contributed by atoms with Crippen LogP contribution in [-0.4, -0.2) is 59.0 Å². The largest absolute Gasteiger partial charge is 0.490 e. The number of ether oxygens (including phenoxy) is 3. The van der Waals surface area contributed by atoms with E-state index in [0.717, 1.165) is 27.8 Å². The van der Waals surface area contributed by atoms with E-state index in [0.29, 0.717) is 26.3 Å². The number of fused-ring (bicyclic) bond motifs is 1. The molecule has 3 aromatic rings. The topological polar surface area (TPSA) is 76.7 Å². The van der Waals surface area contributed by atoms with Crippen LogP contribution in [0, 0.1) is 0 Å². The molecule has 1 aromatic carbocycles. The van der Waals surface area contributed by atoms with Crippen LogP contribution in [0.2, 0.25) is 0 Å². The van der Waals surface area contributed by atoms with Crippen LogP contribution in [0.4, 0.5) is 4.79 Å². The van der Waals surface area contributed by atoms with Crippen LogP contribution in [-0.2, 0) is 9.47 Å². The van der Waals surface area contributed by atoms with Gasteiger partial charge in [0.15, 0.2) is 0 Å². The summed E-state index contributed by atoms with van der Waals surface area (Å²) in [6.45, 7) is 7.33. The molecule has 1 aliphatic rings. The van der Waals surface area contributed by atoms with E-state index in [-0.39, 0.29) is 12.2 Å². The predicted octanol–water partition coefficient (Wildman–Crippen LogP) is 4.24. The van der Waals surface area contributed by atoms with Gasteiger partial charge in [-0.15, -0.1) is 0 Å². The molecule has 158 valence electrons. The molecule has 0 radical (unpaired) electrons. The minimum Gasteiger partial charge on any atom is -0.490 e. The number of H-pyrrole nitrogens is 1. The molecule has 1 saturated heterocycles. The zero-order chi connectivity index (χ0) is 21.1. The number of nitrogens with zero attached hydrogens (tertiary/aromatic N) is 2. The number of benzene rings is 1. The number of amides is 1. The Labute approximate surface area is 176 Å². The highest BCUT2D eigenvalue weighted by Crippen LogP contribution is 2.31. The molecule has 1 N–H and O–H groups in total. The number of nitrogens with one attached hydrogen (secondary N) is 1. The van der Waals surface area contributed by atoms with Crippen molar-refractivity contribution in [2.24, 2.45) is 0 Å². The summed E-state index contributed by atoms with van der Waals surface area (Å²) in [5.41, 5.74) is 2.44. The normalized spacial score (nSPS) is 17.2. The molecule has 4 rings (SSSR count). The van der Waals surface area contributed by atoms with Gasteiger partial charge in [0.05, 0.1) is 18.7 Å². The summed E-state index contributed by atoms with van der Waals surface area (Å²) in [7, 11) is 0. The summed E-state index contributed by atoms with van der Waals surface area (Å²) in [5.74, 6) is 0.745. The number of aromatic nitrogens is 2. The van der Waals surface area contributed by atoms with Gasteiger partial charge < -0.3 is 24.1 Å². The molecule has 1 fully saturated rings. The van der Waals surface area contributed by atoms with Gasteiger partial charge in [-0.05, 0) is 62.2 Å². The molecular formula is C23H27N3O4. The second-order valence-electron chi connectivity index (χ2n) is 8.37. The summed E-state index contributed by atoms with van der Waals surface area (Å²) in [5, 5.41) is 0.941. The van der Waals surface area contributed by atoms with Crippen molar-refractivity contribution in [3.63, 3.8) is 0 Å². The second-order valence-corrected chi connectivity index (χ2v) is 8.37. The SMILES string of the molecule is CC(C)(C)OC(=O)N1CCO[C@H](COc2cc(-c3cc[nH]c3)cc3ncccc23)C1. The number of aromatic amines is 1. The maximum Gasteiger partial charge on any atom is 0.410 e. The molecule has 7 heteroatoms. The molecule has 0 aliphatic carbocycles. The first-order valence-electron chi connectivity index (χ1n) is 10.1. The number of hydrogen-bond acceptors (Lipinski definition) is 5. The first-order valence-corrected chi connectivity index (χ1v) is 10.1. The first-order chi connectivity index (χ1) is 14.4. The van der Waals surface area contributed by atoms with Crippen LogP contribution in [0.15, 0.2) is 48.9 Å². The monoisotopic (exact) mass is 409 g/mol. The lowest BCUT2D eigenvalue weighted by Gasteiger charge is -2.34. The number of morpholine rings is 1. The van der Waals surface area contributed by atoms with Gasteiger partial charge in [0.1, 0.15) is 24.1 Å². The molecule has 1 atom stereocenters. The summed E-state index contributed by atoms with van der Waals surface area (Å²) >= 11 is 0. The van der Waals surface area contributed by atoms with E-state index in [2.05, 4.69) is 9.97 Å². The van der Waals surface area contributed by atoms with Gasteiger partial charge in [-0.25, -0.2) is 4.79 Å². The quantitative estimate of drug-likeness (QED) is 0.697. The van der Waals surface area contributed by atoms with Crippen molar-refractivity contribution < 1.29 is 19.0 Å². The summed E-state index contributed by atoms with van der Waals surface area (Å²) < 4.78 is 17.5. The number of rotatable bonds is 4.